The van der Waals surface area contributed by atoms with Crippen molar-refractivity contribution in [3.8, 4) is 5.75 Å². The Morgan fingerprint density at radius 3 is 3.10 bits per heavy atom. The van der Waals surface area contributed by atoms with Crippen molar-refractivity contribution < 1.29 is 18.7 Å². The zero-order valence-corrected chi connectivity index (χ0v) is 12.0. The van der Waals surface area contributed by atoms with Gasteiger partial charge in [-0.1, -0.05) is 0 Å². The molecule has 20 heavy (non-hydrogen) atoms. The Morgan fingerprint density at radius 2 is 2.35 bits per heavy atom. The molecule has 0 saturated heterocycles. The quantitative estimate of drug-likeness (QED) is 0.831. The van der Waals surface area contributed by atoms with E-state index in [9.17, 15) is 9.18 Å². The van der Waals surface area contributed by atoms with Crippen molar-refractivity contribution in [2.75, 3.05) is 44.9 Å². The van der Waals surface area contributed by atoms with Gasteiger partial charge in [0.2, 0.25) is 5.91 Å². The van der Waals surface area contributed by atoms with Crippen LogP contribution >= 0.6 is 12.4 Å². The van der Waals surface area contributed by atoms with Crippen LogP contribution in [0.1, 0.15) is 0 Å². The SMILES string of the molecule is COCCNCC(=O)N1CCOc2cc(F)ccc21.Cl. The highest BCUT2D eigenvalue weighted by molar-refractivity contribution is 5.96. The molecule has 0 bridgehead atoms. The van der Waals surface area contributed by atoms with E-state index in [1.807, 2.05) is 0 Å². The zero-order valence-electron chi connectivity index (χ0n) is 11.2. The first-order chi connectivity index (χ1) is 9.22. The first-order valence-corrected chi connectivity index (χ1v) is 6.14. The van der Waals surface area contributed by atoms with E-state index < -0.39 is 0 Å². The van der Waals surface area contributed by atoms with E-state index in [0.717, 1.165) is 0 Å². The van der Waals surface area contributed by atoms with Gasteiger partial charge in [0, 0.05) is 19.7 Å². The molecule has 0 unspecified atom stereocenters. The Hall–Kier alpha value is -1.37. The summed E-state index contributed by atoms with van der Waals surface area (Å²) in [5.41, 5.74) is 0.617. The number of ether oxygens (including phenoxy) is 2. The van der Waals surface area contributed by atoms with E-state index in [0.29, 0.717) is 37.7 Å². The molecule has 5 nitrogen and oxygen atoms in total. The molecular formula is C13H18ClFN2O3. The van der Waals surface area contributed by atoms with Crippen molar-refractivity contribution in [2.45, 2.75) is 0 Å². The van der Waals surface area contributed by atoms with Crippen molar-refractivity contribution in [2.24, 2.45) is 0 Å². The van der Waals surface area contributed by atoms with Crippen LogP contribution in [0.4, 0.5) is 10.1 Å². The van der Waals surface area contributed by atoms with Crippen LogP contribution in [0.3, 0.4) is 0 Å². The van der Waals surface area contributed by atoms with Crippen LogP contribution in [0, 0.1) is 5.82 Å². The number of amides is 1. The summed E-state index contributed by atoms with van der Waals surface area (Å²) in [5.74, 6) is -0.0185. The van der Waals surface area contributed by atoms with Crippen molar-refractivity contribution in [1.29, 1.82) is 0 Å². The summed E-state index contributed by atoms with van der Waals surface area (Å²) >= 11 is 0. The lowest BCUT2D eigenvalue weighted by Gasteiger charge is -2.29. The maximum Gasteiger partial charge on any atom is 0.241 e. The Balaban J connectivity index is 0.00000200. The summed E-state index contributed by atoms with van der Waals surface area (Å²) in [6.45, 7) is 2.24. The predicted octanol–water partition coefficient (Wildman–Crippen LogP) is 1.21. The fourth-order valence-corrected chi connectivity index (χ4v) is 1.92. The minimum atomic E-state index is -0.369. The van der Waals surface area contributed by atoms with E-state index in [4.69, 9.17) is 9.47 Å². The van der Waals surface area contributed by atoms with Gasteiger partial charge < -0.3 is 19.7 Å². The molecule has 0 saturated carbocycles. The summed E-state index contributed by atoms with van der Waals surface area (Å²) < 4.78 is 23.3. The number of benzene rings is 1. The number of methoxy groups -OCH3 is 1. The summed E-state index contributed by atoms with van der Waals surface area (Å²) in [5, 5.41) is 2.99. The normalized spacial score (nSPS) is 13.2. The minimum absolute atomic E-state index is 0. The standard InChI is InChI=1S/C13H17FN2O3.ClH/c1-18-6-4-15-9-13(17)16-5-7-19-12-8-10(14)2-3-11(12)16;/h2-3,8,15H,4-7,9H2,1H3;1H. The smallest absolute Gasteiger partial charge is 0.241 e. The highest BCUT2D eigenvalue weighted by atomic mass is 35.5. The average molecular weight is 305 g/mol. The monoisotopic (exact) mass is 304 g/mol. The number of rotatable bonds is 5. The Kier molecular flexibility index (Phi) is 6.70. The molecule has 0 spiro atoms. The fourth-order valence-electron chi connectivity index (χ4n) is 1.92. The van der Waals surface area contributed by atoms with Crippen LogP contribution in [-0.2, 0) is 9.53 Å². The van der Waals surface area contributed by atoms with Gasteiger partial charge in [0.05, 0.1) is 25.4 Å². The van der Waals surface area contributed by atoms with Gasteiger partial charge in [-0.3, -0.25) is 4.79 Å². The topological polar surface area (TPSA) is 50.8 Å². The molecule has 0 aliphatic carbocycles. The van der Waals surface area contributed by atoms with E-state index in [1.165, 1.54) is 12.1 Å². The fraction of sp³-hybridized carbons (Fsp3) is 0.462. The molecule has 1 aliphatic heterocycles. The minimum Gasteiger partial charge on any atom is -0.489 e. The third-order valence-corrected chi connectivity index (χ3v) is 2.85. The first kappa shape index (κ1) is 16.7. The number of hydrogen-bond donors (Lipinski definition) is 1. The molecule has 0 radical (unpaired) electrons. The number of nitrogens with one attached hydrogen (secondary N) is 1. The maximum absolute atomic E-state index is 13.1. The lowest BCUT2D eigenvalue weighted by Crippen LogP contribution is -2.43. The second kappa shape index (κ2) is 8.04. The summed E-state index contributed by atoms with van der Waals surface area (Å²) in [6, 6.07) is 4.19. The van der Waals surface area contributed by atoms with E-state index >= 15 is 0 Å². The number of anilines is 1. The molecule has 0 atom stereocenters. The number of hydrogen-bond acceptors (Lipinski definition) is 4. The number of carbonyl (C=O) groups is 1. The maximum atomic E-state index is 13.1. The molecule has 7 heteroatoms. The molecule has 1 heterocycles. The lowest BCUT2D eigenvalue weighted by atomic mass is 10.2. The third kappa shape index (κ3) is 4.06. The molecule has 0 fully saturated rings. The molecule has 0 aromatic heterocycles. The van der Waals surface area contributed by atoms with Crippen LogP contribution in [0.2, 0.25) is 0 Å². The van der Waals surface area contributed by atoms with Gasteiger partial charge in [-0.2, -0.15) is 0 Å². The molecular weight excluding hydrogens is 287 g/mol. The largest absolute Gasteiger partial charge is 0.489 e. The van der Waals surface area contributed by atoms with Crippen LogP contribution < -0.4 is 15.0 Å². The van der Waals surface area contributed by atoms with Crippen LogP contribution in [0.5, 0.6) is 5.75 Å². The molecule has 112 valence electrons. The Labute approximate surface area is 123 Å². The van der Waals surface area contributed by atoms with E-state index in [1.54, 1.807) is 18.1 Å². The van der Waals surface area contributed by atoms with Gasteiger partial charge in [-0.15, -0.1) is 12.4 Å². The van der Waals surface area contributed by atoms with Gasteiger partial charge in [-0.25, -0.2) is 4.39 Å². The molecule has 1 amide bonds. The van der Waals surface area contributed by atoms with Crippen molar-refractivity contribution in [3.63, 3.8) is 0 Å². The number of nitrogens with zero attached hydrogens (tertiary/aromatic N) is 1. The van der Waals surface area contributed by atoms with Gasteiger partial charge in [0.15, 0.2) is 0 Å². The molecule has 1 N–H and O–H groups in total. The predicted molar refractivity (Wildman–Crippen MR) is 76.2 cm³/mol. The van der Waals surface area contributed by atoms with Crippen LogP contribution in [-0.4, -0.2) is 45.9 Å². The number of carbonyl (C=O) groups excluding carboxylic acids is 1. The Bertz CT molecular complexity index is 459. The van der Waals surface area contributed by atoms with Gasteiger partial charge in [0.1, 0.15) is 18.2 Å². The summed E-state index contributed by atoms with van der Waals surface area (Å²) in [6.07, 6.45) is 0. The van der Waals surface area contributed by atoms with Crippen molar-refractivity contribution in [3.05, 3.63) is 24.0 Å². The van der Waals surface area contributed by atoms with Crippen LogP contribution in [0.25, 0.3) is 0 Å². The lowest BCUT2D eigenvalue weighted by molar-refractivity contribution is -0.118. The van der Waals surface area contributed by atoms with E-state index in [2.05, 4.69) is 5.32 Å². The van der Waals surface area contributed by atoms with Gasteiger partial charge in [0.25, 0.3) is 0 Å². The highest BCUT2D eigenvalue weighted by Gasteiger charge is 2.23. The van der Waals surface area contributed by atoms with Gasteiger partial charge >= 0.3 is 0 Å². The third-order valence-electron chi connectivity index (χ3n) is 2.85. The second-order valence-electron chi connectivity index (χ2n) is 4.18. The number of fused-ring (bicyclic) bond motifs is 1. The molecule has 1 aromatic carbocycles. The Morgan fingerprint density at radius 1 is 1.55 bits per heavy atom. The first-order valence-electron chi connectivity index (χ1n) is 6.14. The molecule has 2 rings (SSSR count). The molecule has 1 aromatic rings. The average Bonchev–Trinajstić information content (AvgIpc) is 2.42. The second-order valence-corrected chi connectivity index (χ2v) is 4.18. The van der Waals surface area contributed by atoms with E-state index in [-0.39, 0.29) is 30.7 Å². The van der Waals surface area contributed by atoms with Crippen molar-refractivity contribution in [1.82, 2.24) is 5.32 Å². The summed E-state index contributed by atoms with van der Waals surface area (Å²) in [7, 11) is 1.61. The van der Waals surface area contributed by atoms with Gasteiger partial charge in [-0.05, 0) is 12.1 Å². The number of halogens is 2. The summed E-state index contributed by atoms with van der Waals surface area (Å²) in [4.78, 5) is 13.7. The van der Waals surface area contributed by atoms with Crippen molar-refractivity contribution >= 4 is 24.0 Å². The highest BCUT2D eigenvalue weighted by Crippen LogP contribution is 2.31. The zero-order chi connectivity index (χ0) is 13.7. The molecule has 1 aliphatic rings. The van der Waals surface area contributed by atoms with Crippen LogP contribution in [0.15, 0.2) is 18.2 Å².